The van der Waals surface area contributed by atoms with Crippen LogP contribution in [0, 0.1) is 10.1 Å². The van der Waals surface area contributed by atoms with E-state index in [9.17, 15) is 10.1 Å². The summed E-state index contributed by atoms with van der Waals surface area (Å²) >= 11 is 1.27. The first-order valence-electron chi connectivity index (χ1n) is 4.57. The molecule has 92 valence electrons. The van der Waals surface area contributed by atoms with E-state index in [-0.39, 0.29) is 12.5 Å². The van der Waals surface area contributed by atoms with Gasteiger partial charge in [-0.25, -0.2) is 14.7 Å². The summed E-state index contributed by atoms with van der Waals surface area (Å²) in [4.78, 5) is 17.0. The molecule has 1 aromatic rings. The molecule has 0 radical (unpaired) electrons. The van der Waals surface area contributed by atoms with Gasteiger partial charge in [-0.3, -0.25) is 0 Å². The summed E-state index contributed by atoms with van der Waals surface area (Å²) in [6.07, 6.45) is 1.19. The minimum absolute atomic E-state index is 0.0956. The number of aliphatic hydroxyl groups is 1. The van der Waals surface area contributed by atoms with Crippen molar-refractivity contribution in [3.05, 3.63) is 27.5 Å². The standard InChI is InChI=1S/C7H10N6O3S/c1-11-6(13(15)16)2-8-7(11)5-3-17-10-12(5)9-4-14/h2-3,9-10,14H,4H2,1H3. The predicted molar refractivity (Wildman–Crippen MR) is 60.6 cm³/mol. The summed E-state index contributed by atoms with van der Waals surface area (Å²) in [6, 6.07) is 0. The monoisotopic (exact) mass is 258 g/mol. The molecule has 0 aliphatic carbocycles. The van der Waals surface area contributed by atoms with Crippen LogP contribution in [0.2, 0.25) is 0 Å². The van der Waals surface area contributed by atoms with Gasteiger partial charge in [0.2, 0.25) is 5.82 Å². The molecule has 1 aliphatic rings. The zero-order chi connectivity index (χ0) is 12.4. The maximum absolute atomic E-state index is 10.7. The fraction of sp³-hybridized carbons (Fsp3) is 0.286. The average Bonchev–Trinajstić information content (AvgIpc) is 2.85. The van der Waals surface area contributed by atoms with Crippen LogP contribution in [-0.2, 0) is 7.05 Å². The van der Waals surface area contributed by atoms with E-state index in [4.69, 9.17) is 5.11 Å². The fourth-order valence-electron chi connectivity index (χ4n) is 1.39. The van der Waals surface area contributed by atoms with E-state index in [0.29, 0.717) is 11.5 Å². The second kappa shape index (κ2) is 4.71. The van der Waals surface area contributed by atoms with E-state index in [2.05, 4.69) is 15.2 Å². The van der Waals surface area contributed by atoms with Crippen LogP contribution in [0.4, 0.5) is 5.82 Å². The lowest BCUT2D eigenvalue weighted by Crippen LogP contribution is -2.41. The van der Waals surface area contributed by atoms with E-state index in [0.717, 1.165) is 0 Å². The van der Waals surface area contributed by atoms with Gasteiger partial charge in [0.1, 0.15) is 18.6 Å². The molecule has 3 N–H and O–H groups in total. The molecule has 0 fully saturated rings. The molecule has 0 saturated carbocycles. The van der Waals surface area contributed by atoms with Crippen molar-refractivity contribution in [3.8, 4) is 0 Å². The normalized spacial score (nSPS) is 15.2. The molecular formula is C7H10N6O3S. The number of nitrogens with zero attached hydrogens (tertiary/aromatic N) is 4. The highest BCUT2D eigenvalue weighted by atomic mass is 32.2. The van der Waals surface area contributed by atoms with Gasteiger partial charge in [0.15, 0.2) is 0 Å². The Hall–Kier alpha value is -1.62. The molecule has 2 rings (SSSR count). The van der Waals surface area contributed by atoms with Crippen LogP contribution >= 0.6 is 11.9 Å². The van der Waals surface area contributed by atoms with E-state index >= 15 is 0 Å². The van der Waals surface area contributed by atoms with Crippen molar-refractivity contribution in [3.63, 3.8) is 0 Å². The second-order valence-corrected chi connectivity index (χ2v) is 3.77. The Kier molecular flexibility index (Phi) is 3.28. The van der Waals surface area contributed by atoms with Crippen LogP contribution in [0.1, 0.15) is 5.82 Å². The summed E-state index contributed by atoms with van der Waals surface area (Å²) in [5.74, 6) is 0.330. The van der Waals surface area contributed by atoms with E-state index in [1.165, 1.54) is 27.8 Å². The Morgan fingerprint density at radius 3 is 3.12 bits per heavy atom. The van der Waals surface area contributed by atoms with E-state index < -0.39 is 4.92 Å². The molecule has 0 spiro atoms. The number of hydrazine groups is 2. The summed E-state index contributed by atoms with van der Waals surface area (Å²) in [5.41, 5.74) is 3.22. The summed E-state index contributed by atoms with van der Waals surface area (Å²) in [7, 11) is 1.56. The van der Waals surface area contributed by atoms with Gasteiger partial charge in [-0.15, -0.1) is 0 Å². The number of aromatic nitrogens is 2. The third-order valence-corrected chi connectivity index (χ3v) is 2.79. The Morgan fingerprint density at radius 2 is 2.53 bits per heavy atom. The van der Waals surface area contributed by atoms with Crippen LogP contribution < -0.4 is 10.3 Å². The molecule has 10 heteroatoms. The Balaban J connectivity index is 2.31. The maximum atomic E-state index is 10.7. The highest BCUT2D eigenvalue weighted by Gasteiger charge is 2.26. The van der Waals surface area contributed by atoms with Crippen molar-refractivity contribution in [2.24, 2.45) is 7.05 Å². The van der Waals surface area contributed by atoms with Crippen molar-refractivity contribution in [2.45, 2.75) is 0 Å². The van der Waals surface area contributed by atoms with Crippen LogP contribution in [0.5, 0.6) is 0 Å². The SMILES string of the molecule is Cn1c([N+](=O)[O-])cnc1C1=CSNN1NCO. The number of aliphatic hydroxyl groups excluding tert-OH is 1. The number of rotatable bonds is 4. The van der Waals surface area contributed by atoms with E-state index in [1.807, 2.05) is 0 Å². The molecule has 0 aromatic carbocycles. The first kappa shape index (κ1) is 11.9. The summed E-state index contributed by atoms with van der Waals surface area (Å²) in [6.45, 7) is -0.266. The number of imidazole rings is 1. The zero-order valence-corrected chi connectivity index (χ0v) is 9.64. The van der Waals surface area contributed by atoms with Gasteiger partial charge in [-0.2, -0.15) is 10.3 Å². The lowest BCUT2D eigenvalue weighted by molar-refractivity contribution is -0.391. The fourth-order valence-corrected chi connectivity index (χ4v) is 2.03. The number of nitrogens with one attached hydrogen (secondary N) is 2. The predicted octanol–water partition coefficient (Wildman–Crippen LogP) is -0.451. The van der Waals surface area contributed by atoms with Crippen LogP contribution in [0.25, 0.3) is 5.70 Å². The average molecular weight is 258 g/mol. The highest BCUT2D eigenvalue weighted by Crippen LogP contribution is 2.26. The number of nitro groups is 1. The molecule has 9 nitrogen and oxygen atoms in total. The first-order chi connectivity index (χ1) is 8.15. The number of hydrogen-bond acceptors (Lipinski definition) is 8. The third kappa shape index (κ3) is 2.10. The Morgan fingerprint density at radius 1 is 1.76 bits per heavy atom. The van der Waals surface area contributed by atoms with Gasteiger partial charge in [0.05, 0.1) is 7.05 Å². The lowest BCUT2D eigenvalue weighted by atomic mass is 10.4. The van der Waals surface area contributed by atoms with Crippen LogP contribution in [0.15, 0.2) is 11.6 Å². The minimum Gasteiger partial charge on any atom is -0.380 e. The van der Waals surface area contributed by atoms with Crippen LogP contribution in [0.3, 0.4) is 0 Å². The maximum Gasteiger partial charge on any atom is 0.342 e. The van der Waals surface area contributed by atoms with Gasteiger partial charge in [-0.05, 0) is 16.9 Å². The van der Waals surface area contributed by atoms with Gasteiger partial charge in [0.25, 0.3) is 0 Å². The molecule has 0 bridgehead atoms. The molecule has 1 aromatic heterocycles. The quantitative estimate of drug-likeness (QED) is 0.288. The lowest BCUT2D eigenvalue weighted by Gasteiger charge is -2.18. The van der Waals surface area contributed by atoms with E-state index in [1.54, 1.807) is 12.5 Å². The first-order valence-corrected chi connectivity index (χ1v) is 5.45. The van der Waals surface area contributed by atoms with Crippen molar-refractivity contribution in [2.75, 3.05) is 6.73 Å². The molecular weight excluding hydrogens is 248 g/mol. The smallest absolute Gasteiger partial charge is 0.342 e. The van der Waals surface area contributed by atoms with Gasteiger partial charge in [-0.1, -0.05) is 0 Å². The van der Waals surface area contributed by atoms with Crippen molar-refractivity contribution in [1.29, 1.82) is 0 Å². The summed E-state index contributed by atoms with van der Waals surface area (Å²) < 4.78 is 1.37. The Labute approximate surface area is 100 Å². The Bertz CT molecular complexity index is 472. The summed E-state index contributed by atoms with van der Waals surface area (Å²) in [5, 5.41) is 22.7. The molecule has 0 unspecified atom stereocenters. The van der Waals surface area contributed by atoms with Crippen molar-refractivity contribution in [1.82, 2.24) is 24.9 Å². The third-order valence-electron chi connectivity index (χ3n) is 2.16. The van der Waals surface area contributed by atoms with Crippen molar-refractivity contribution >= 4 is 23.5 Å². The largest absolute Gasteiger partial charge is 0.380 e. The topological polar surface area (TPSA) is 108 Å². The highest BCUT2D eigenvalue weighted by molar-refractivity contribution is 8.00. The molecule has 17 heavy (non-hydrogen) atoms. The molecule has 0 saturated heterocycles. The van der Waals surface area contributed by atoms with Gasteiger partial charge >= 0.3 is 5.82 Å². The van der Waals surface area contributed by atoms with Crippen molar-refractivity contribution < 1.29 is 10.0 Å². The molecule has 0 amide bonds. The molecule has 2 heterocycles. The molecule has 0 atom stereocenters. The zero-order valence-electron chi connectivity index (χ0n) is 8.82. The van der Waals surface area contributed by atoms with Gasteiger partial charge < -0.3 is 15.2 Å². The molecule has 1 aliphatic heterocycles. The van der Waals surface area contributed by atoms with Crippen LogP contribution in [-0.4, -0.2) is 31.4 Å². The number of hydrogen-bond donors (Lipinski definition) is 3. The second-order valence-electron chi connectivity index (χ2n) is 3.12. The minimum atomic E-state index is -0.504. The van der Waals surface area contributed by atoms with Gasteiger partial charge in [0, 0.05) is 5.41 Å².